The number of anilines is 1. The third-order valence-corrected chi connectivity index (χ3v) is 5.36. The van der Waals surface area contributed by atoms with Gasteiger partial charge in [-0.1, -0.05) is 29.5 Å². The lowest BCUT2D eigenvalue weighted by Crippen LogP contribution is -2.45. The zero-order valence-electron chi connectivity index (χ0n) is 14.4. The number of hydrogen-bond donors (Lipinski definition) is 1. The third kappa shape index (κ3) is 2.70. The van der Waals surface area contributed by atoms with E-state index in [0.29, 0.717) is 10.6 Å². The van der Waals surface area contributed by atoms with Gasteiger partial charge in [0, 0.05) is 6.07 Å². The molecule has 0 saturated carbocycles. The molecule has 10 heteroatoms. The quantitative estimate of drug-likeness (QED) is 0.411. The molecule has 0 aliphatic carbocycles. The molecule has 140 valence electrons. The van der Waals surface area contributed by atoms with Crippen molar-refractivity contribution in [2.75, 3.05) is 5.32 Å². The van der Waals surface area contributed by atoms with E-state index in [4.69, 9.17) is 0 Å². The molecule has 4 rings (SSSR count). The van der Waals surface area contributed by atoms with E-state index >= 15 is 0 Å². The minimum Gasteiger partial charge on any atom is -0.300 e. The van der Waals surface area contributed by atoms with E-state index < -0.39 is 34.4 Å². The maximum atomic E-state index is 12.7. The molecule has 28 heavy (non-hydrogen) atoms. The normalized spacial score (nSPS) is 14.2. The van der Waals surface area contributed by atoms with E-state index in [-0.39, 0.29) is 11.1 Å². The van der Waals surface area contributed by atoms with Crippen LogP contribution in [-0.4, -0.2) is 38.6 Å². The molecular weight excluding hydrogens is 384 g/mol. The maximum absolute atomic E-state index is 12.7. The van der Waals surface area contributed by atoms with Gasteiger partial charge >= 0.3 is 0 Å². The summed E-state index contributed by atoms with van der Waals surface area (Å²) in [6.45, 7) is 1.39. The van der Waals surface area contributed by atoms with Crippen LogP contribution in [0.1, 0.15) is 27.6 Å². The van der Waals surface area contributed by atoms with Crippen LogP contribution in [0.2, 0.25) is 0 Å². The molecule has 3 aromatic rings. The molecule has 1 aliphatic rings. The number of thiazole rings is 1. The Labute approximate surface area is 161 Å². The van der Waals surface area contributed by atoms with Crippen molar-refractivity contribution in [3.63, 3.8) is 0 Å². The highest BCUT2D eigenvalue weighted by atomic mass is 32.1. The number of amides is 3. The number of aromatic nitrogens is 1. The molecule has 9 nitrogen and oxygen atoms in total. The number of carbonyl (C=O) groups excluding carboxylic acids is 3. The van der Waals surface area contributed by atoms with Gasteiger partial charge in [0.1, 0.15) is 11.6 Å². The molecule has 1 aromatic heterocycles. The zero-order valence-corrected chi connectivity index (χ0v) is 15.2. The highest BCUT2D eigenvalue weighted by Crippen LogP contribution is 2.32. The summed E-state index contributed by atoms with van der Waals surface area (Å²) in [6, 6.07) is 9.97. The van der Waals surface area contributed by atoms with Crippen LogP contribution in [0.4, 0.5) is 10.8 Å². The van der Waals surface area contributed by atoms with E-state index in [2.05, 4.69) is 10.3 Å². The summed E-state index contributed by atoms with van der Waals surface area (Å²) in [5.74, 6) is -2.22. The molecule has 0 bridgehead atoms. The fraction of sp³-hybridized carbons (Fsp3) is 0.111. The topological polar surface area (TPSA) is 123 Å². The predicted molar refractivity (Wildman–Crippen MR) is 101 cm³/mol. The Morgan fingerprint density at radius 1 is 1.18 bits per heavy atom. The van der Waals surface area contributed by atoms with Gasteiger partial charge < -0.3 is 5.32 Å². The van der Waals surface area contributed by atoms with Gasteiger partial charge in [-0.2, -0.15) is 0 Å². The highest BCUT2D eigenvalue weighted by Gasteiger charge is 2.44. The van der Waals surface area contributed by atoms with Crippen molar-refractivity contribution in [3.8, 4) is 0 Å². The number of hydrogen-bond acceptors (Lipinski definition) is 7. The Morgan fingerprint density at radius 2 is 1.93 bits per heavy atom. The average molecular weight is 396 g/mol. The first-order valence-electron chi connectivity index (χ1n) is 8.20. The second-order valence-electron chi connectivity index (χ2n) is 6.09. The van der Waals surface area contributed by atoms with Crippen molar-refractivity contribution in [2.24, 2.45) is 0 Å². The molecule has 1 N–H and O–H groups in total. The van der Waals surface area contributed by atoms with Gasteiger partial charge in [-0.25, -0.2) is 4.98 Å². The second-order valence-corrected chi connectivity index (χ2v) is 7.12. The lowest BCUT2D eigenvalue weighted by Gasteiger charge is -2.20. The summed E-state index contributed by atoms with van der Waals surface area (Å²) in [6.07, 6.45) is 0. The molecule has 1 aliphatic heterocycles. The Morgan fingerprint density at radius 3 is 2.64 bits per heavy atom. The number of fused-ring (bicyclic) bond motifs is 2. The molecule has 0 unspecified atom stereocenters. The number of nitrogens with one attached hydrogen (secondary N) is 1. The first-order chi connectivity index (χ1) is 13.4. The number of nitrogens with zero attached hydrogens (tertiary/aromatic N) is 3. The molecule has 0 saturated heterocycles. The van der Waals surface area contributed by atoms with Crippen LogP contribution < -0.4 is 5.32 Å². The maximum Gasteiger partial charge on any atom is 0.282 e. The number of rotatable bonds is 4. The summed E-state index contributed by atoms with van der Waals surface area (Å²) >= 11 is 1.26. The van der Waals surface area contributed by atoms with Crippen molar-refractivity contribution >= 4 is 50.1 Å². The average Bonchev–Trinajstić information content (AvgIpc) is 3.19. The van der Waals surface area contributed by atoms with Crippen LogP contribution in [0.25, 0.3) is 10.2 Å². The number of para-hydroxylation sites is 1. The molecule has 2 heterocycles. The van der Waals surface area contributed by atoms with Gasteiger partial charge in [-0.15, -0.1) is 0 Å². The van der Waals surface area contributed by atoms with Gasteiger partial charge in [0.25, 0.3) is 17.5 Å². The number of imide groups is 1. The fourth-order valence-electron chi connectivity index (χ4n) is 3.04. The Hall–Kier alpha value is -3.66. The van der Waals surface area contributed by atoms with Crippen LogP contribution in [0, 0.1) is 10.1 Å². The third-order valence-electron chi connectivity index (χ3n) is 4.41. The van der Waals surface area contributed by atoms with Crippen molar-refractivity contribution < 1.29 is 19.3 Å². The zero-order chi connectivity index (χ0) is 20.0. The van der Waals surface area contributed by atoms with E-state index in [1.165, 1.54) is 30.4 Å². The van der Waals surface area contributed by atoms with Crippen LogP contribution in [0.3, 0.4) is 0 Å². The first kappa shape index (κ1) is 17.7. The molecule has 0 spiro atoms. The van der Waals surface area contributed by atoms with E-state index in [1.807, 2.05) is 18.2 Å². The number of nitro benzene ring substituents is 1. The summed E-state index contributed by atoms with van der Waals surface area (Å²) < 4.78 is 0.877. The van der Waals surface area contributed by atoms with Crippen LogP contribution in [0.15, 0.2) is 42.5 Å². The lowest BCUT2D eigenvalue weighted by atomic mass is 10.1. The SMILES string of the molecule is C[C@@H](C(=O)Nc1nc2ccccc2s1)N1C(=O)c2cccc([N+](=O)[O-])c2C1=O. The Bertz CT molecular complexity index is 1140. The van der Waals surface area contributed by atoms with Crippen LogP contribution in [0.5, 0.6) is 0 Å². The molecule has 2 aromatic carbocycles. The number of carbonyl (C=O) groups is 3. The van der Waals surface area contributed by atoms with Crippen LogP contribution >= 0.6 is 11.3 Å². The summed E-state index contributed by atoms with van der Waals surface area (Å²) in [4.78, 5) is 53.4. The summed E-state index contributed by atoms with van der Waals surface area (Å²) in [7, 11) is 0. The summed E-state index contributed by atoms with van der Waals surface area (Å²) in [5.41, 5.74) is -0.125. The van der Waals surface area contributed by atoms with E-state index in [9.17, 15) is 24.5 Å². The van der Waals surface area contributed by atoms with E-state index in [0.717, 1.165) is 15.7 Å². The van der Waals surface area contributed by atoms with Gasteiger partial charge in [0.05, 0.1) is 20.7 Å². The Kier molecular flexibility index (Phi) is 4.12. The van der Waals surface area contributed by atoms with Crippen molar-refractivity contribution in [1.29, 1.82) is 0 Å². The fourth-order valence-corrected chi connectivity index (χ4v) is 3.91. The minimum atomic E-state index is -1.17. The molecule has 1 atom stereocenters. The molecular formula is C18H12N4O5S. The van der Waals surface area contributed by atoms with Crippen LogP contribution in [-0.2, 0) is 4.79 Å². The van der Waals surface area contributed by atoms with Crippen molar-refractivity contribution in [2.45, 2.75) is 13.0 Å². The van der Waals surface area contributed by atoms with Crippen molar-refractivity contribution in [3.05, 3.63) is 63.7 Å². The minimum absolute atomic E-state index is 0.0844. The van der Waals surface area contributed by atoms with Crippen molar-refractivity contribution in [1.82, 2.24) is 9.88 Å². The predicted octanol–water partition coefficient (Wildman–Crippen LogP) is 2.83. The van der Waals surface area contributed by atoms with Gasteiger partial charge in [0.15, 0.2) is 5.13 Å². The molecule has 3 amide bonds. The van der Waals surface area contributed by atoms with Gasteiger partial charge in [0.2, 0.25) is 5.91 Å². The first-order valence-corrected chi connectivity index (χ1v) is 9.02. The lowest BCUT2D eigenvalue weighted by molar-refractivity contribution is -0.385. The second kappa shape index (κ2) is 6.50. The standard InChI is InChI=1S/C18H12N4O5S/c1-9(15(23)20-18-19-11-6-2-3-8-13(11)28-18)21-16(24)10-5-4-7-12(22(26)27)14(10)17(21)25/h2-9H,1H3,(H,19,20,23)/t9-/m0/s1. The van der Waals surface area contributed by atoms with E-state index in [1.54, 1.807) is 6.07 Å². The monoisotopic (exact) mass is 396 g/mol. The largest absolute Gasteiger partial charge is 0.300 e. The molecule has 0 fully saturated rings. The number of benzene rings is 2. The smallest absolute Gasteiger partial charge is 0.282 e. The summed E-state index contributed by atoms with van der Waals surface area (Å²) in [5, 5.41) is 14.1. The van der Waals surface area contributed by atoms with Gasteiger partial charge in [-0.05, 0) is 25.1 Å². The van der Waals surface area contributed by atoms with Gasteiger partial charge in [-0.3, -0.25) is 29.4 Å². The number of nitro groups is 1. The highest BCUT2D eigenvalue weighted by molar-refractivity contribution is 7.22. The molecule has 0 radical (unpaired) electrons. The Balaban J connectivity index is 1.61.